The second-order valence-corrected chi connectivity index (χ2v) is 6.30. The van der Waals surface area contributed by atoms with E-state index in [1.165, 1.54) is 21.1 Å². The predicted molar refractivity (Wildman–Crippen MR) is 85.4 cm³/mol. The summed E-state index contributed by atoms with van der Waals surface area (Å²) in [6.07, 6.45) is -0.391. The van der Waals surface area contributed by atoms with Crippen LogP contribution < -0.4 is 5.32 Å². The van der Waals surface area contributed by atoms with Gasteiger partial charge in [-0.3, -0.25) is 14.9 Å². The van der Waals surface area contributed by atoms with Crippen LogP contribution in [0.5, 0.6) is 0 Å². The monoisotopic (exact) mass is 340 g/mol. The van der Waals surface area contributed by atoms with Crippen molar-refractivity contribution in [2.24, 2.45) is 0 Å². The summed E-state index contributed by atoms with van der Waals surface area (Å²) in [5, 5.41) is 2.95. The lowest BCUT2D eigenvalue weighted by atomic mass is 10.3. The Hall–Kier alpha value is -2.16. The number of aryl methyl sites for hydroxylation is 2. The van der Waals surface area contributed by atoms with Gasteiger partial charge in [0.25, 0.3) is 0 Å². The minimum Gasteiger partial charge on any atom is -0.450 e. The summed E-state index contributed by atoms with van der Waals surface area (Å²) in [6, 6.07) is 0. The Morgan fingerprint density at radius 1 is 1.17 bits per heavy atom. The molecule has 0 atom stereocenters. The SMILES string of the molecule is CCOC(=O)N1CCN(C(=O)C(=O)Nc2nc(C)c(C)s2)CC1. The lowest BCUT2D eigenvalue weighted by Crippen LogP contribution is -2.53. The number of nitrogens with one attached hydrogen (secondary N) is 1. The van der Waals surface area contributed by atoms with Gasteiger partial charge < -0.3 is 14.5 Å². The normalized spacial score (nSPS) is 14.6. The van der Waals surface area contributed by atoms with Gasteiger partial charge in [0.2, 0.25) is 0 Å². The number of hydrogen-bond donors (Lipinski definition) is 1. The standard InChI is InChI=1S/C14H20N4O4S/c1-4-22-14(21)18-7-5-17(6-8-18)12(20)11(19)16-13-15-9(2)10(3)23-13/h4-8H2,1-3H3,(H,15,16,19). The van der Waals surface area contributed by atoms with Gasteiger partial charge in [0.05, 0.1) is 12.3 Å². The van der Waals surface area contributed by atoms with Crippen molar-refractivity contribution in [3.8, 4) is 0 Å². The maximum absolute atomic E-state index is 12.2. The molecule has 2 rings (SSSR count). The lowest BCUT2D eigenvalue weighted by molar-refractivity contribution is -0.144. The predicted octanol–water partition coefficient (Wildman–Crippen LogP) is 0.999. The smallest absolute Gasteiger partial charge is 0.409 e. The molecule has 0 aromatic carbocycles. The molecule has 1 aliphatic heterocycles. The van der Waals surface area contributed by atoms with E-state index in [1.807, 2.05) is 13.8 Å². The van der Waals surface area contributed by atoms with E-state index in [-0.39, 0.29) is 0 Å². The third-order valence-corrected chi connectivity index (χ3v) is 4.52. The number of ether oxygens (including phenoxy) is 1. The molecule has 1 N–H and O–H groups in total. The number of thiazole rings is 1. The Morgan fingerprint density at radius 2 is 1.78 bits per heavy atom. The van der Waals surface area contributed by atoms with Gasteiger partial charge in [0.1, 0.15) is 0 Å². The highest BCUT2D eigenvalue weighted by Gasteiger charge is 2.28. The summed E-state index contributed by atoms with van der Waals surface area (Å²) in [7, 11) is 0. The summed E-state index contributed by atoms with van der Waals surface area (Å²) in [5.41, 5.74) is 0.834. The molecule has 8 nitrogen and oxygen atoms in total. The van der Waals surface area contributed by atoms with Gasteiger partial charge in [-0.1, -0.05) is 0 Å². The van der Waals surface area contributed by atoms with Crippen LogP contribution in [0.1, 0.15) is 17.5 Å². The number of hydrogen-bond acceptors (Lipinski definition) is 6. The molecule has 0 saturated carbocycles. The maximum Gasteiger partial charge on any atom is 0.409 e. The topological polar surface area (TPSA) is 91.8 Å². The van der Waals surface area contributed by atoms with E-state index in [0.717, 1.165) is 10.6 Å². The lowest BCUT2D eigenvalue weighted by Gasteiger charge is -2.33. The highest BCUT2D eigenvalue weighted by molar-refractivity contribution is 7.15. The van der Waals surface area contributed by atoms with Crippen molar-refractivity contribution >= 4 is 34.4 Å². The Labute approximate surface area is 138 Å². The van der Waals surface area contributed by atoms with Crippen LogP contribution in [0.4, 0.5) is 9.93 Å². The fourth-order valence-corrected chi connectivity index (χ4v) is 2.94. The van der Waals surface area contributed by atoms with Crippen molar-refractivity contribution in [1.82, 2.24) is 14.8 Å². The third kappa shape index (κ3) is 4.19. The second kappa shape index (κ2) is 7.40. The number of amides is 3. The average Bonchev–Trinajstić information content (AvgIpc) is 2.84. The first-order chi connectivity index (χ1) is 10.9. The van der Waals surface area contributed by atoms with E-state index in [0.29, 0.717) is 37.9 Å². The summed E-state index contributed by atoms with van der Waals surface area (Å²) in [6.45, 7) is 7.12. The van der Waals surface area contributed by atoms with Gasteiger partial charge in [-0.25, -0.2) is 9.78 Å². The molecule has 23 heavy (non-hydrogen) atoms. The summed E-state index contributed by atoms with van der Waals surface area (Å²) in [4.78, 5) is 43.9. The molecule has 1 aromatic heterocycles. The van der Waals surface area contributed by atoms with Gasteiger partial charge in [0.15, 0.2) is 5.13 Å². The van der Waals surface area contributed by atoms with Crippen LogP contribution in [-0.4, -0.2) is 65.5 Å². The Balaban J connectivity index is 1.86. The molecule has 0 aliphatic carbocycles. The quantitative estimate of drug-likeness (QED) is 0.811. The van der Waals surface area contributed by atoms with E-state index < -0.39 is 17.9 Å². The molecule has 0 bridgehead atoms. The zero-order valence-corrected chi connectivity index (χ0v) is 14.2. The van der Waals surface area contributed by atoms with Crippen molar-refractivity contribution in [1.29, 1.82) is 0 Å². The van der Waals surface area contributed by atoms with E-state index in [2.05, 4.69) is 10.3 Å². The van der Waals surface area contributed by atoms with Crippen LogP contribution in [0, 0.1) is 13.8 Å². The Kier molecular flexibility index (Phi) is 5.54. The fraction of sp³-hybridized carbons (Fsp3) is 0.571. The molecule has 0 unspecified atom stereocenters. The van der Waals surface area contributed by atoms with Crippen molar-refractivity contribution in [3.05, 3.63) is 10.6 Å². The zero-order chi connectivity index (χ0) is 17.0. The van der Waals surface area contributed by atoms with Gasteiger partial charge in [-0.05, 0) is 20.8 Å². The molecule has 126 valence electrons. The number of anilines is 1. The molecule has 2 heterocycles. The van der Waals surface area contributed by atoms with Crippen molar-refractivity contribution < 1.29 is 19.1 Å². The number of carbonyl (C=O) groups is 3. The number of piperazine rings is 1. The zero-order valence-electron chi connectivity index (χ0n) is 13.4. The number of rotatable bonds is 2. The molecule has 1 aromatic rings. The van der Waals surface area contributed by atoms with Crippen LogP contribution >= 0.6 is 11.3 Å². The molecule has 0 radical (unpaired) electrons. The van der Waals surface area contributed by atoms with Crippen molar-refractivity contribution in [2.75, 3.05) is 38.1 Å². The van der Waals surface area contributed by atoms with E-state index in [1.54, 1.807) is 6.92 Å². The van der Waals surface area contributed by atoms with Gasteiger partial charge in [-0.2, -0.15) is 0 Å². The van der Waals surface area contributed by atoms with Gasteiger partial charge in [0, 0.05) is 31.1 Å². The number of nitrogens with zero attached hydrogens (tertiary/aromatic N) is 3. The van der Waals surface area contributed by atoms with Crippen LogP contribution in [0.15, 0.2) is 0 Å². The highest BCUT2D eigenvalue weighted by atomic mass is 32.1. The minimum atomic E-state index is -0.705. The van der Waals surface area contributed by atoms with E-state index in [9.17, 15) is 14.4 Å². The van der Waals surface area contributed by atoms with Crippen LogP contribution in [0.2, 0.25) is 0 Å². The van der Waals surface area contributed by atoms with Gasteiger partial charge in [-0.15, -0.1) is 11.3 Å². The molecule has 1 saturated heterocycles. The summed E-state index contributed by atoms with van der Waals surface area (Å²) in [5.74, 6) is -1.32. The van der Waals surface area contributed by atoms with Crippen LogP contribution in [0.25, 0.3) is 0 Å². The molecule has 0 spiro atoms. The minimum absolute atomic E-state index is 0.307. The summed E-state index contributed by atoms with van der Waals surface area (Å²) >= 11 is 1.33. The Bertz CT molecular complexity index is 588. The number of aromatic nitrogens is 1. The Morgan fingerprint density at radius 3 is 2.30 bits per heavy atom. The molecular formula is C14H20N4O4S. The van der Waals surface area contributed by atoms with E-state index in [4.69, 9.17) is 4.74 Å². The maximum atomic E-state index is 12.2. The fourth-order valence-electron chi connectivity index (χ4n) is 2.13. The van der Waals surface area contributed by atoms with Crippen LogP contribution in [-0.2, 0) is 14.3 Å². The first-order valence-corrected chi connectivity index (χ1v) is 8.20. The third-order valence-electron chi connectivity index (χ3n) is 3.54. The highest BCUT2D eigenvalue weighted by Crippen LogP contribution is 2.21. The second-order valence-electron chi connectivity index (χ2n) is 5.09. The first-order valence-electron chi connectivity index (χ1n) is 7.38. The molecular weight excluding hydrogens is 320 g/mol. The number of carbonyl (C=O) groups excluding carboxylic acids is 3. The molecule has 9 heteroatoms. The van der Waals surface area contributed by atoms with Crippen LogP contribution in [0.3, 0.4) is 0 Å². The average molecular weight is 340 g/mol. The summed E-state index contributed by atoms with van der Waals surface area (Å²) < 4.78 is 4.91. The largest absolute Gasteiger partial charge is 0.450 e. The van der Waals surface area contributed by atoms with Gasteiger partial charge >= 0.3 is 17.9 Å². The first kappa shape index (κ1) is 17.2. The molecule has 1 fully saturated rings. The van der Waals surface area contributed by atoms with E-state index >= 15 is 0 Å². The molecule has 1 aliphatic rings. The van der Waals surface area contributed by atoms with Crippen molar-refractivity contribution in [2.45, 2.75) is 20.8 Å². The molecule has 3 amide bonds. The van der Waals surface area contributed by atoms with Crippen molar-refractivity contribution in [3.63, 3.8) is 0 Å².